The number of carbonyl (C=O) groups excluding carboxylic acids is 1. The maximum Gasteiger partial charge on any atom is 0.229 e. The van der Waals surface area contributed by atoms with Crippen LogP contribution < -0.4 is 4.72 Å². The molecule has 0 radical (unpaired) electrons. The third kappa shape index (κ3) is 3.91. The Morgan fingerprint density at radius 1 is 1.19 bits per heavy atom. The number of nitrogens with one attached hydrogen (secondary N) is 1. The lowest BCUT2D eigenvalue weighted by Gasteiger charge is -2.45. The van der Waals surface area contributed by atoms with Crippen LogP contribution in [0.4, 0.5) is 13.2 Å². The van der Waals surface area contributed by atoms with Gasteiger partial charge in [0.05, 0.1) is 29.4 Å². The predicted octanol–water partition coefficient (Wildman–Crippen LogP) is 2.33. The van der Waals surface area contributed by atoms with Crippen LogP contribution in [-0.4, -0.2) is 55.3 Å². The Balaban J connectivity index is 1.56. The Morgan fingerprint density at radius 3 is 2.47 bits per heavy atom. The summed E-state index contributed by atoms with van der Waals surface area (Å²) < 4.78 is 70.2. The standard InChI is InChI=1S/C22H23F3N2O4S/c1-2-32(30,31)26-11-18-19(28)12-27(18)21(29)15-10-22(15,25)14-7-4-3-6-13(14)20-16(23)8-5-9-17(20)24/h3-9,15,18-19,26,28H,2,10-12H2,1H3/t15-,18+,19+,22+/m0/s1. The summed E-state index contributed by atoms with van der Waals surface area (Å²) in [6.07, 6.45) is -1.09. The lowest BCUT2D eigenvalue weighted by atomic mass is 9.93. The van der Waals surface area contributed by atoms with Gasteiger partial charge in [-0.1, -0.05) is 30.3 Å². The second-order valence-electron chi connectivity index (χ2n) is 8.14. The molecule has 0 bridgehead atoms. The summed E-state index contributed by atoms with van der Waals surface area (Å²) in [6.45, 7) is 1.25. The number of halogens is 3. The fraction of sp³-hybridized carbons (Fsp3) is 0.409. The van der Waals surface area contributed by atoms with Gasteiger partial charge in [0.25, 0.3) is 0 Å². The summed E-state index contributed by atoms with van der Waals surface area (Å²) in [5.41, 5.74) is -2.41. The molecule has 2 aromatic carbocycles. The molecule has 0 unspecified atom stereocenters. The highest BCUT2D eigenvalue weighted by Gasteiger charge is 2.64. The molecule has 1 saturated carbocycles. The first kappa shape index (κ1) is 22.8. The lowest BCUT2D eigenvalue weighted by molar-refractivity contribution is -0.152. The van der Waals surface area contributed by atoms with Crippen LogP contribution in [0, 0.1) is 17.6 Å². The number of likely N-dealkylation sites (tertiary alicyclic amines) is 1. The average molecular weight is 468 g/mol. The zero-order valence-electron chi connectivity index (χ0n) is 17.3. The van der Waals surface area contributed by atoms with E-state index in [0.29, 0.717) is 0 Å². The Morgan fingerprint density at radius 2 is 1.84 bits per heavy atom. The Kier molecular flexibility index (Phi) is 5.81. The van der Waals surface area contributed by atoms with E-state index in [1.54, 1.807) is 0 Å². The topological polar surface area (TPSA) is 86.7 Å². The monoisotopic (exact) mass is 468 g/mol. The van der Waals surface area contributed by atoms with Crippen LogP contribution >= 0.6 is 0 Å². The highest BCUT2D eigenvalue weighted by molar-refractivity contribution is 7.89. The van der Waals surface area contributed by atoms with Gasteiger partial charge in [-0.15, -0.1) is 0 Å². The van der Waals surface area contributed by atoms with Gasteiger partial charge in [0.1, 0.15) is 17.3 Å². The zero-order chi connectivity index (χ0) is 23.3. The molecule has 1 saturated heterocycles. The highest BCUT2D eigenvalue weighted by atomic mass is 32.2. The van der Waals surface area contributed by atoms with Crippen molar-refractivity contribution in [3.8, 4) is 11.1 Å². The van der Waals surface area contributed by atoms with Gasteiger partial charge in [0.2, 0.25) is 15.9 Å². The van der Waals surface area contributed by atoms with Crippen LogP contribution in [0.5, 0.6) is 0 Å². The van der Waals surface area contributed by atoms with Crippen LogP contribution in [0.3, 0.4) is 0 Å². The van der Waals surface area contributed by atoms with Crippen LogP contribution in [0.25, 0.3) is 11.1 Å². The van der Waals surface area contributed by atoms with Gasteiger partial charge < -0.3 is 10.0 Å². The van der Waals surface area contributed by atoms with E-state index in [9.17, 15) is 27.1 Å². The second-order valence-corrected chi connectivity index (χ2v) is 10.2. The van der Waals surface area contributed by atoms with Crippen LogP contribution in [-0.2, 0) is 20.5 Å². The maximum atomic E-state index is 15.9. The zero-order valence-corrected chi connectivity index (χ0v) is 18.1. The van der Waals surface area contributed by atoms with E-state index in [-0.39, 0.29) is 42.0 Å². The second kappa shape index (κ2) is 8.17. The summed E-state index contributed by atoms with van der Waals surface area (Å²) in [4.78, 5) is 14.2. The van der Waals surface area contributed by atoms with Crippen molar-refractivity contribution in [2.24, 2.45) is 5.92 Å². The molecule has 1 aliphatic heterocycles. The highest BCUT2D eigenvalue weighted by Crippen LogP contribution is 2.59. The molecule has 172 valence electrons. The molecule has 1 amide bonds. The average Bonchev–Trinajstić information content (AvgIpc) is 3.44. The fourth-order valence-electron chi connectivity index (χ4n) is 4.18. The first-order valence-electron chi connectivity index (χ1n) is 10.3. The van der Waals surface area contributed by atoms with Crippen molar-refractivity contribution in [3.05, 3.63) is 59.7 Å². The molecular formula is C22H23F3N2O4S. The molecule has 4 rings (SSSR count). The third-order valence-corrected chi connectivity index (χ3v) is 7.57. The van der Waals surface area contributed by atoms with Crippen LogP contribution in [0.15, 0.2) is 42.5 Å². The minimum atomic E-state index is -3.52. The number of hydrogen-bond acceptors (Lipinski definition) is 4. The van der Waals surface area contributed by atoms with E-state index < -0.39 is 51.3 Å². The number of amides is 1. The van der Waals surface area contributed by atoms with Crippen molar-refractivity contribution in [2.45, 2.75) is 31.2 Å². The normalized spacial score (nSPS) is 27.2. The molecule has 0 aromatic heterocycles. The summed E-state index contributed by atoms with van der Waals surface area (Å²) in [7, 11) is -3.52. The van der Waals surface area contributed by atoms with Gasteiger partial charge >= 0.3 is 0 Å². The molecule has 2 N–H and O–H groups in total. The first-order chi connectivity index (χ1) is 15.1. The molecule has 6 nitrogen and oxygen atoms in total. The van der Waals surface area contributed by atoms with Crippen molar-refractivity contribution < 1.29 is 31.5 Å². The van der Waals surface area contributed by atoms with E-state index >= 15 is 4.39 Å². The van der Waals surface area contributed by atoms with Gasteiger partial charge in [0.15, 0.2) is 0 Å². The summed E-state index contributed by atoms with van der Waals surface area (Å²) >= 11 is 0. The number of benzene rings is 2. The molecule has 2 aliphatic rings. The van der Waals surface area contributed by atoms with Crippen molar-refractivity contribution in [3.63, 3.8) is 0 Å². The number of alkyl halides is 1. The SMILES string of the molecule is CCS(=O)(=O)NC[C@@H]1[C@H](O)CN1C(=O)[C@@H]1C[C@@]1(F)c1ccccc1-c1c(F)cccc1F. The van der Waals surface area contributed by atoms with Crippen molar-refractivity contribution >= 4 is 15.9 Å². The predicted molar refractivity (Wildman–Crippen MR) is 112 cm³/mol. The maximum absolute atomic E-state index is 15.9. The van der Waals surface area contributed by atoms with Gasteiger partial charge in [-0.2, -0.15) is 0 Å². The third-order valence-electron chi connectivity index (χ3n) is 6.20. The minimum Gasteiger partial charge on any atom is -0.389 e. The molecule has 4 atom stereocenters. The molecule has 32 heavy (non-hydrogen) atoms. The number of β-amino-alcohol motifs (C(OH)–C–C–N with tert-alkyl or cyclic N) is 1. The number of aliphatic hydroxyl groups excluding tert-OH is 1. The van der Waals surface area contributed by atoms with Gasteiger partial charge in [0, 0.05) is 19.5 Å². The number of sulfonamides is 1. The molecule has 1 heterocycles. The number of aliphatic hydroxyl groups is 1. The van der Waals surface area contributed by atoms with Crippen molar-refractivity contribution in [2.75, 3.05) is 18.8 Å². The lowest BCUT2D eigenvalue weighted by Crippen LogP contribution is -2.66. The molecule has 1 aliphatic carbocycles. The van der Waals surface area contributed by atoms with Crippen LogP contribution in [0.1, 0.15) is 18.9 Å². The van der Waals surface area contributed by atoms with E-state index in [1.165, 1.54) is 42.2 Å². The minimum absolute atomic E-state index is 0.0201. The Hall–Kier alpha value is -2.43. The van der Waals surface area contributed by atoms with E-state index in [4.69, 9.17) is 0 Å². The van der Waals surface area contributed by atoms with Crippen molar-refractivity contribution in [1.29, 1.82) is 0 Å². The number of nitrogens with zero attached hydrogens (tertiary/aromatic N) is 1. The van der Waals surface area contributed by atoms with Crippen LogP contribution in [0.2, 0.25) is 0 Å². The molecule has 2 fully saturated rings. The van der Waals surface area contributed by atoms with Gasteiger partial charge in [-0.05, 0) is 30.2 Å². The summed E-state index contributed by atoms with van der Waals surface area (Å²) in [6, 6.07) is 8.47. The van der Waals surface area contributed by atoms with E-state index in [2.05, 4.69) is 4.72 Å². The Labute approximate surface area is 184 Å². The first-order valence-corrected chi connectivity index (χ1v) is 11.9. The van der Waals surface area contributed by atoms with Gasteiger partial charge in [-0.3, -0.25) is 4.79 Å². The Bertz CT molecular complexity index is 1140. The van der Waals surface area contributed by atoms with E-state index in [1.807, 2.05) is 0 Å². The summed E-state index contributed by atoms with van der Waals surface area (Å²) in [5, 5.41) is 9.99. The summed E-state index contributed by atoms with van der Waals surface area (Å²) in [5.74, 6) is -3.47. The number of rotatable bonds is 7. The largest absolute Gasteiger partial charge is 0.389 e. The molecule has 10 heteroatoms. The molecular weight excluding hydrogens is 445 g/mol. The molecule has 2 aromatic rings. The fourth-order valence-corrected chi connectivity index (χ4v) is 4.81. The number of carbonyl (C=O) groups is 1. The van der Waals surface area contributed by atoms with Gasteiger partial charge in [-0.25, -0.2) is 26.3 Å². The molecule has 0 spiro atoms. The quantitative estimate of drug-likeness (QED) is 0.653. The number of hydrogen-bond donors (Lipinski definition) is 2. The van der Waals surface area contributed by atoms with Crippen molar-refractivity contribution in [1.82, 2.24) is 9.62 Å². The smallest absolute Gasteiger partial charge is 0.229 e. The van der Waals surface area contributed by atoms with E-state index in [0.717, 1.165) is 12.1 Å².